The van der Waals surface area contributed by atoms with E-state index in [-0.39, 0.29) is 13.0 Å². The van der Waals surface area contributed by atoms with Gasteiger partial charge in [-0.1, -0.05) is 61.7 Å². The van der Waals surface area contributed by atoms with E-state index >= 15 is 0 Å². The van der Waals surface area contributed by atoms with Gasteiger partial charge in [0.25, 0.3) is 0 Å². The zero-order valence-electron chi connectivity index (χ0n) is 23.0. The molecule has 0 fully saturated rings. The molecule has 0 radical (unpaired) electrons. The first kappa shape index (κ1) is 22.6. The number of likely N-dealkylation sites (N-methyl/N-ethyl adjacent to an activating group) is 1. The molecule has 2 amide bonds. The van der Waals surface area contributed by atoms with Crippen LogP contribution in [0.5, 0.6) is 0 Å². The van der Waals surface area contributed by atoms with E-state index in [1.165, 1.54) is 0 Å². The molecule has 1 aromatic rings. The Balaban J connectivity index is 2.28. The van der Waals surface area contributed by atoms with Gasteiger partial charge < -0.3 is 14.4 Å². The molecule has 0 unspecified atom stereocenters. The quantitative estimate of drug-likeness (QED) is 0.491. The fourth-order valence-corrected chi connectivity index (χ4v) is 3.33. The molecule has 0 aromatic heterocycles. The molecule has 0 atom stereocenters. The summed E-state index contributed by atoms with van der Waals surface area (Å²) in [6, 6.07) is 8.87. The number of benzene rings is 1. The highest BCUT2D eigenvalue weighted by Crippen LogP contribution is 2.17. The lowest BCUT2D eigenvalue weighted by Gasteiger charge is -2.26. The third-order valence-electron chi connectivity index (χ3n) is 5.14. The van der Waals surface area contributed by atoms with Crippen LogP contribution >= 0.6 is 0 Å². The van der Waals surface area contributed by atoms with Crippen molar-refractivity contribution >= 4 is 23.9 Å². The highest BCUT2D eigenvalue weighted by molar-refractivity contribution is 6.01. The molecular weight excluding hydrogens is 434 g/mol. The minimum atomic E-state index is -2.91. The van der Waals surface area contributed by atoms with E-state index in [2.05, 4.69) is 10.3 Å². The van der Waals surface area contributed by atoms with Crippen LogP contribution in [0.1, 0.15) is 74.9 Å². The van der Waals surface area contributed by atoms with E-state index in [0.717, 1.165) is 32.1 Å². The van der Waals surface area contributed by atoms with Crippen molar-refractivity contribution in [3.8, 4) is 0 Å². The fraction of sp³-hybridized carbons (Fsp3) is 0.538. The van der Waals surface area contributed by atoms with E-state index in [1.807, 2.05) is 18.2 Å². The van der Waals surface area contributed by atoms with Crippen LogP contribution in [0.25, 0.3) is 0 Å². The van der Waals surface area contributed by atoms with Crippen molar-refractivity contribution in [2.24, 2.45) is 4.99 Å². The molecule has 1 N–H and O–H groups in total. The largest absolute Gasteiger partial charge is 0.458 e. The normalized spacial score (nSPS) is 22.7. The maximum atomic E-state index is 12.8. The second kappa shape index (κ2) is 14.2. The predicted molar refractivity (Wildman–Crippen MR) is 131 cm³/mol. The zero-order chi connectivity index (χ0) is 27.3. The number of hydrogen-bond donors (Lipinski definition) is 1. The van der Waals surface area contributed by atoms with Gasteiger partial charge in [0.05, 0.1) is 0 Å². The number of cyclic esters (lactones) is 1. The second-order valence-corrected chi connectivity index (χ2v) is 8.83. The number of esters is 1. The number of rotatable bonds is 2. The lowest BCUT2D eigenvalue weighted by Crippen LogP contribution is -2.46. The van der Waals surface area contributed by atoms with Gasteiger partial charge in [0.15, 0.2) is 0 Å². The molecule has 8 heteroatoms. The summed E-state index contributed by atoms with van der Waals surface area (Å²) >= 11 is 0. The molecular formula is C26H37N3O5. The number of carbonyl (C=O) groups excluding carboxylic acids is 3. The standard InChI is InChI=1S/C26H37N3O5/c1-26(2)18-14-9-7-5-4-6-8-13-17-22(30)27-24(29(3)19-23(31)34-26)28-25(32)33-20-21-15-11-10-12-16-21/h9-12,14-16H,4-8,13,17-20H2,1-3H3,(H,27,28,30,32)/b14-9+/i3D3. The number of amides is 2. The Morgan fingerprint density at radius 2 is 1.88 bits per heavy atom. The van der Waals surface area contributed by atoms with Crippen molar-refractivity contribution in [2.75, 3.05) is 13.5 Å². The minimum Gasteiger partial charge on any atom is -0.458 e. The van der Waals surface area contributed by atoms with Crippen LogP contribution in [0.4, 0.5) is 4.79 Å². The van der Waals surface area contributed by atoms with Crippen molar-refractivity contribution in [3.63, 3.8) is 0 Å². The minimum absolute atomic E-state index is 0.0953. The van der Waals surface area contributed by atoms with Crippen molar-refractivity contribution < 1.29 is 28.0 Å². The summed E-state index contributed by atoms with van der Waals surface area (Å²) in [5.74, 6) is -1.93. The molecule has 0 spiro atoms. The Morgan fingerprint density at radius 1 is 1.15 bits per heavy atom. The summed E-state index contributed by atoms with van der Waals surface area (Å²) in [6.45, 7) is -0.303. The molecule has 0 saturated carbocycles. The number of carbonyl (C=O) groups is 3. The Kier molecular flexibility index (Phi) is 9.43. The van der Waals surface area contributed by atoms with Crippen LogP contribution in [-0.4, -0.2) is 48.0 Å². The first-order chi connectivity index (χ1) is 17.5. The first-order valence-electron chi connectivity index (χ1n) is 13.2. The topological polar surface area (TPSA) is 97.3 Å². The molecule has 0 bridgehead atoms. The first-order valence-corrected chi connectivity index (χ1v) is 11.7. The number of hydrogen-bond acceptors (Lipinski definition) is 5. The van der Waals surface area contributed by atoms with Gasteiger partial charge in [0.1, 0.15) is 18.8 Å². The maximum Gasteiger partial charge on any atom is 0.437 e. The van der Waals surface area contributed by atoms with Crippen molar-refractivity contribution in [1.82, 2.24) is 10.2 Å². The molecule has 1 heterocycles. The molecule has 1 aromatic carbocycles. The average Bonchev–Trinajstić information content (AvgIpc) is 2.81. The van der Waals surface area contributed by atoms with Crippen molar-refractivity contribution in [1.29, 1.82) is 0 Å². The Hall–Kier alpha value is -3.16. The Bertz CT molecular complexity index is 962. The van der Waals surface area contributed by atoms with E-state index < -0.39 is 43.1 Å². The SMILES string of the molecule is [2H]C([2H])([2H])N1CC(=O)OC(C)(C)C/C=C/CCCCCCCC(=O)N/C1=N/C(=O)OCc1ccccc1. The summed E-state index contributed by atoms with van der Waals surface area (Å²) in [6.07, 6.45) is 8.84. The fourth-order valence-electron chi connectivity index (χ4n) is 3.33. The second-order valence-electron chi connectivity index (χ2n) is 8.83. The van der Waals surface area contributed by atoms with Gasteiger partial charge in [-0.15, -0.1) is 4.99 Å². The van der Waals surface area contributed by atoms with Gasteiger partial charge >= 0.3 is 12.1 Å². The molecule has 0 saturated heterocycles. The molecule has 186 valence electrons. The summed E-state index contributed by atoms with van der Waals surface area (Å²) in [7, 11) is 0. The molecule has 0 aliphatic carbocycles. The van der Waals surface area contributed by atoms with Gasteiger partial charge in [-0.3, -0.25) is 14.9 Å². The van der Waals surface area contributed by atoms with Crippen LogP contribution in [0, 0.1) is 0 Å². The van der Waals surface area contributed by atoms with E-state index in [0.29, 0.717) is 23.3 Å². The monoisotopic (exact) mass is 474 g/mol. The number of guanidine groups is 1. The Morgan fingerprint density at radius 3 is 2.65 bits per heavy atom. The molecule has 1 aliphatic rings. The third-order valence-corrected chi connectivity index (χ3v) is 5.14. The highest BCUT2D eigenvalue weighted by atomic mass is 16.6. The Labute approximate surface area is 206 Å². The van der Waals surface area contributed by atoms with Crippen LogP contribution in [0.2, 0.25) is 0 Å². The van der Waals surface area contributed by atoms with Crippen LogP contribution in [0.3, 0.4) is 0 Å². The molecule has 8 nitrogen and oxygen atoms in total. The van der Waals surface area contributed by atoms with Gasteiger partial charge in [0, 0.05) is 23.9 Å². The van der Waals surface area contributed by atoms with Crippen molar-refractivity contribution in [2.45, 2.75) is 77.4 Å². The lowest BCUT2D eigenvalue weighted by atomic mass is 10.0. The number of nitrogens with zero attached hydrogens (tertiary/aromatic N) is 2. The van der Waals surface area contributed by atoms with Gasteiger partial charge in [-0.25, -0.2) is 4.79 Å². The highest BCUT2D eigenvalue weighted by Gasteiger charge is 2.24. The molecule has 34 heavy (non-hydrogen) atoms. The smallest absolute Gasteiger partial charge is 0.437 e. The van der Waals surface area contributed by atoms with E-state index in [4.69, 9.17) is 13.6 Å². The molecule has 1 aliphatic heterocycles. The summed E-state index contributed by atoms with van der Waals surface area (Å²) < 4.78 is 34.5. The summed E-state index contributed by atoms with van der Waals surface area (Å²) in [5.41, 5.74) is -0.174. The van der Waals surface area contributed by atoms with E-state index in [1.54, 1.807) is 38.1 Å². The molecule has 2 rings (SSSR count). The van der Waals surface area contributed by atoms with Gasteiger partial charge in [-0.2, -0.15) is 0 Å². The van der Waals surface area contributed by atoms with Crippen LogP contribution < -0.4 is 5.32 Å². The predicted octanol–water partition coefficient (Wildman–Crippen LogP) is 4.74. The number of ether oxygens (including phenoxy) is 2. The number of nitrogens with one attached hydrogen (secondary N) is 1. The number of allylic oxidation sites excluding steroid dienone is 1. The van der Waals surface area contributed by atoms with Crippen molar-refractivity contribution in [3.05, 3.63) is 48.0 Å². The summed E-state index contributed by atoms with van der Waals surface area (Å²) in [4.78, 5) is 42.2. The van der Waals surface area contributed by atoms with Crippen LogP contribution in [0.15, 0.2) is 47.5 Å². The van der Waals surface area contributed by atoms with Crippen LogP contribution in [-0.2, 0) is 25.7 Å². The van der Waals surface area contributed by atoms with Gasteiger partial charge in [-0.05, 0) is 38.7 Å². The zero-order valence-corrected chi connectivity index (χ0v) is 20.0. The third kappa shape index (κ3) is 11.1. The summed E-state index contributed by atoms with van der Waals surface area (Å²) in [5, 5.41) is 2.41. The van der Waals surface area contributed by atoms with Gasteiger partial charge in [0.2, 0.25) is 11.9 Å². The maximum absolute atomic E-state index is 12.8. The average molecular weight is 475 g/mol. The number of aliphatic imine (C=N–C) groups is 1. The lowest BCUT2D eigenvalue weighted by molar-refractivity contribution is -0.156. The van der Waals surface area contributed by atoms with E-state index in [9.17, 15) is 14.4 Å².